The third kappa shape index (κ3) is 4.23. The van der Waals surface area contributed by atoms with Crippen LogP contribution >= 0.6 is 11.6 Å². The molecule has 0 heterocycles. The van der Waals surface area contributed by atoms with E-state index in [1.54, 1.807) is 0 Å². The fourth-order valence-corrected chi connectivity index (χ4v) is 1.54. The number of hydrogen-bond acceptors (Lipinski definition) is 4. The Bertz CT molecular complexity index is 463. The smallest absolute Gasteiger partial charge is 0.321 e. The van der Waals surface area contributed by atoms with Gasteiger partial charge in [-0.15, -0.1) is 0 Å². The first-order valence-electron chi connectivity index (χ1n) is 5.05. The summed E-state index contributed by atoms with van der Waals surface area (Å²) in [4.78, 5) is 21.3. The number of carboxylic acids is 2. The Labute approximate surface area is 108 Å². The van der Waals surface area contributed by atoms with Gasteiger partial charge in [-0.2, -0.15) is 0 Å². The number of phenolic OH excluding ortho intramolecular Hbond substituents is 1. The molecule has 0 aromatic heterocycles. The van der Waals surface area contributed by atoms with Crippen LogP contribution in [0.3, 0.4) is 0 Å². The van der Waals surface area contributed by atoms with Crippen molar-refractivity contribution < 1.29 is 24.9 Å². The standard InChI is InChI=1S/C11H12ClNO5/c12-7-1-2-9(14)6(3-7)5-13-8(11(17)18)4-10(15)16/h1-3,8,13-14H,4-5H2,(H,15,16)(H,17,18). The van der Waals surface area contributed by atoms with Crippen LogP contribution in [0.5, 0.6) is 5.75 Å². The van der Waals surface area contributed by atoms with Crippen LogP contribution in [0.15, 0.2) is 18.2 Å². The van der Waals surface area contributed by atoms with Gasteiger partial charge in [0.15, 0.2) is 0 Å². The summed E-state index contributed by atoms with van der Waals surface area (Å²) in [5.41, 5.74) is 0.402. The summed E-state index contributed by atoms with van der Waals surface area (Å²) in [5.74, 6) is -2.52. The molecule has 7 heteroatoms. The summed E-state index contributed by atoms with van der Waals surface area (Å²) < 4.78 is 0. The van der Waals surface area contributed by atoms with Gasteiger partial charge in [0.1, 0.15) is 11.8 Å². The molecule has 0 aliphatic rings. The molecule has 0 aliphatic carbocycles. The molecule has 0 radical (unpaired) electrons. The second-order valence-corrected chi connectivity index (χ2v) is 4.08. The molecule has 1 aromatic carbocycles. The highest BCUT2D eigenvalue weighted by Gasteiger charge is 2.20. The van der Waals surface area contributed by atoms with Crippen molar-refractivity contribution in [2.75, 3.05) is 0 Å². The summed E-state index contributed by atoms with van der Waals surface area (Å²) in [7, 11) is 0. The molecule has 18 heavy (non-hydrogen) atoms. The first-order chi connectivity index (χ1) is 8.40. The maximum absolute atomic E-state index is 10.8. The van der Waals surface area contributed by atoms with Crippen molar-refractivity contribution in [3.05, 3.63) is 28.8 Å². The van der Waals surface area contributed by atoms with Gasteiger partial charge >= 0.3 is 11.9 Å². The van der Waals surface area contributed by atoms with Crippen molar-refractivity contribution in [1.82, 2.24) is 5.32 Å². The van der Waals surface area contributed by atoms with Crippen LogP contribution < -0.4 is 5.32 Å². The van der Waals surface area contributed by atoms with Gasteiger partial charge in [-0.25, -0.2) is 0 Å². The lowest BCUT2D eigenvalue weighted by molar-refractivity contribution is -0.146. The van der Waals surface area contributed by atoms with E-state index in [0.29, 0.717) is 10.6 Å². The molecule has 6 nitrogen and oxygen atoms in total. The summed E-state index contributed by atoms with van der Waals surface area (Å²) in [6, 6.07) is 3.13. The number of benzene rings is 1. The average molecular weight is 274 g/mol. The quantitative estimate of drug-likeness (QED) is 0.617. The van der Waals surface area contributed by atoms with Crippen LogP contribution in [-0.2, 0) is 16.1 Å². The highest BCUT2D eigenvalue weighted by atomic mass is 35.5. The van der Waals surface area contributed by atoms with Gasteiger partial charge in [0.05, 0.1) is 6.42 Å². The van der Waals surface area contributed by atoms with Crippen molar-refractivity contribution >= 4 is 23.5 Å². The molecule has 1 unspecified atom stereocenters. The number of aromatic hydroxyl groups is 1. The van der Waals surface area contributed by atoms with E-state index < -0.39 is 24.4 Å². The molecule has 1 aromatic rings. The van der Waals surface area contributed by atoms with Gasteiger partial charge in [0, 0.05) is 17.1 Å². The van der Waals surface area contributed by atoms with Crippen LogP contribution in [0.2, 0.25) is 5.02 Å². The number of halogens is 1. The Kier molecular flexibility index (Phi) is 4.94. The molecule has 0 spiro atoms. The van der Waals surface area contributed by atoms with Gasteiger partial charge in [0.25, 0.3) is 0 Å². The van der Waals surface area contributed by atoms with E-state index >= 15 is 0 Å². The number of hydrogen-bond donors (Lipinski definition) is 4. The molecule has 0 saturated heterocycles. The largest absolute Gasteiger partial charge is 0.508 e. The predicted molar refractivity (Wildman–Crippen MR) is 63.6 cm³/mol. The molecular formula is C11H12ClNO5. The molecule has 98 valence electrons. The lowest BCUT2D eigenvalue weighted by Gasteiger charge is -2.13. The van der Waals surface area contributed by atoms with E-state index in [-0.39, 0.29) is 12.3 Å². The van der Waals surface area contributed by atoms with E-state index in [1.165, 1.54) is 18.2 Å². The van der Waals surface area contributed by atoms with E-state index in [9.17, 15) is 14.7 Å². The Morgan fingerprint density at radius 3 is 2.56 bits per heavy atom. The maximum atomic E-state index is 10.8. The fourth-order valence-electron chi connectivity index (χ4n) is 1.35. The van der Waals surface area contributed by atoms with Crippen LogP contribution in [0.4, 0.5) is 0 Å². The van der Waals surface area contributed by atoms with Gasteiger partial charge < -0.3 is 15.3 Å². The van der Waals surface area contributed by atoms with Crippen molar-refractivity contribution in [2.45, 2.75) is 19.0 Å². The molecule has 1 atom stereocenters. The minimum Gasteiger partial charge on any atom is -0.508 e. The zero-order valence-electron chi connectivity index (χ0n) is 9.26. The van der Waals surface area contributed by atoms with E-state index in [4.69, 9.17) is 21.8 Å². The summed E-state index contributed by atoms with van der Waals surface area (Å²) in [6.07, 6.45) is -0.545. The maximum Gasteiger partial charge on any atom is 0.321 e. The zero-order valence-corrected chi connectivity index (χ0v) is 10.0. The van der Waals surface area contributed by atoms with E-state index in [0.717, 1.165) is 0 Å². The first-order valence-corrected chi connectivity index (χ1v) is 5.43. The average Bonchev–Trinajstić information content (AvgIpc) is 2.27. The molecular weight excluding hydrogens is 262 g/mol. The molecule has 4 N–H and O–H groups in total. The number of carboxylic acid groups (broad SMARTS) is 2. The third-order valence-corrected chi connectivity index (χ3v) is 2.49. The number of carbonyl (C=O) groups is 2. The number of phenols is 1. The number of aliphatic carboxylic acids is 2. The number of rotatable bonds is 6. The lowest BCUT2D eigenvalue weighted by Crippen LogP contribution is -2.38. The fraction of sp³-hybridized carbons (Fsp3) is 0.273. The molecule has 0 fully saturated rings. The molecule has 0 amide bonds. The van der Waals surface area contributed by atoms with Gasteiger partial charge in [-0.3, -0.25) is 14.9 Å². The van der Waals surface area contributed by atoms with Crippen molar-refractivity contribution in [1.29, 1.82) is 0 Å². The van der Waals surface area contributed by atoms with Gasteiger partial charge in [-0.1, -0.05) is 11.6 Å². The summed E-state index contributed by atoms with van der Waals surface area (Å²) in [6.45, 7) is 0.0106. The minimum absolute atomic E-state index is 0.0106. The van der Waals surface area contributed by atoms with Gasteiger partial charge in [-0.05, 0) is 18.2 Å². The van der Waals surface area contributed by atoms with Crippen LogP contribution in [0, 0.1) is 0 Å². The van der Waals surface area contributed by atoms with Crippen LogP contribution in [0.25, 0.3) is 0 Å². The van der Waals surface area contributed by atoms with Crippen molar-refractivity contribution in [3.8, 4) is 5.75 Å². The van der Waals surface area contributed by atoms with Crippen molar-refractivity contribution in [2.24, 2.45) is 0 Å². The molecule has 0 aliphatic heterocycles. The topological polar surface area (TPSA) is 107 Å². The Morgan fingerprint density at radius 1 is 1.33 bits per heavy atom. The molecule has 1 rings (SSSR count). The van der Waals surface area contributed by atoms with Gasteiger partial charge in [0.2, 0.25) is 0 Å². The summed E-state index contributed by atoms with van der Waals surface area (Å²) >= 11 is 5.73. The van der Waals surface area contributed by atoms with E-state index in [2.05, 4.69) is 5.32 Å². The van der Waals surface area contributed by atoms with Crippen LogP contribution in [-0.4, -0.2) is 33.3 Å². The molecule has 0 bridgehead atoms. The summed E-state index contributed by atoms with van der Waals surface area (Å²) in [5, 5.41) is 29.8. The highest BCUT2D eigenvalue weighted by Crippen LogP contribution is 2.21. The number of nitrogens with one attached hydrogen (secondary N) is 1. The minimum atomic E-state index is -1.26. The second-order valence-electron chi connectivity index (χ2n) is 3.64. The monoisotopic (exact) mass is 273 g/mol. The highest BCUT2D eigenvalue weighted by molar-refractivity contribution is 6.30. The normalized spacial score (nSPS) is 12.1. The Hall–Kier alpha value is -1.79. The lowest BCUT2D eigenvalue weighted by atomic mass is 10.1. The third-order valence-electron chi connectivity index (χ3n) is 2.26. The Balaban J connectivity index is 2.69. The Morgan fingerprint density at radius 2 is 2.00 bits per heavy atom. The first kappa shape index (κ1) is 14.3. The van der Waals surface area contributed by atoms with Crippen LogP contribution in [0.1, 0.15) is 12.0 Å². The molecule has 0 saturated carbocycles. The SMILES string of the molecule is O=C(O)CC(NCc1cc(Cl)ccc1O)C(=O)O. The second kappa shape index (κ2) is 6.23. The van der Waals surface area contributed by atoms with Crippen molar-refractivity contribution in [3.63, 3.8) is 0 Å². The zero-order chi connectivity index (χ0) is 13.7. The van der Waals surface area contributed by atoms with E-state index in [1.807, 2.05) is 0 Å². The predicted octanol–water partition coefficient (Wildman–Crippen LogP) is 1.06.